The minimum Gasteiger partial charge on any atom is -0.461 e. The Labute approximate surface area is 513 Å². The molecule has 0 aliphatic heterocycles. The third kappa shape index (κ3) is 48.7. The third-order valence-corrected chi connectivity index (χ3v) is 15.3. The van der Waals surface area contributed by atoms with E-state index >= 15 is 0 Å². The number of hydrogen-bond donors (Lipinski definition) is 1. The summed E-state index contributed by atoms with van der Waals surface area (Å²) in [6.45, 7) is 8.52. The molecule has 478 valence electrons. The van der Waals surface area contributed by atoms with Gasteiger partial charge in [0.05, 0.1) is 19.6 Å². The lowest BCUT2D eigenvalue weighted by molar-refractivity contribution is -0.194. The Bertz CT molecular complexity index is 1900. The topological polar surface area (TPSA) is 147 Å². The van der Waals surface area contributed by atoms with Crippen molar-refractivity contribution in [3.8, 4) is 11.8 Å². The average molecular weight is 1170 g/mol. The minimum absolute atomic E-state index is 0.0782. The number of esters is 3. The average Bonchev–Trinajstić information content (AvgIpc) is 3.70. The Morgan fingerprint density at radius 3 is 1.38 bits per heavy atom. The van der Waals surface area contributed by atoms with E-state index in [1.165, 1.54) is 116 Å². The summed E-state index contributed by atoms with van der Waals surface area (Å²) in [6.07, 6.45) is 56.9. The highest BCUT2D eigenvalue weighted by molar-refractivity contribution is 5.95. The fourth-order valence-corrected chi connectivity index (χ4v) is 9.87. The van der Waals surface area contributed by atoms with Crippen LogP contribution in [0.5, 0.6) is 0 Å². The Morgan fingerprint density at radius 2 is 0.929 bits per heavy atom. The number of amides is 1. The Hall–Kier alpha value is -4.56. The molecule has 0 saturated carbocycles. The highest BCUT2D eigenvalue weighted by Crippen LogP contribution is 2.21. The summed E-state index contributed by atoms with van der Waals surface area (Å²) < 4.78 is 24.2. The molecule has 84 heavy (non-hydrogen) atoms. The summed E-state index contributed by atoms with van der Waals surface area (Å²) in [5.41, 5.74) is -0.341. The molecular formula is C73H122N2O9. The van der Waals surface area contributed by atoms with Crippen LogP contribution in [-0.2, 0) is 38.1 Å². The predicted octanol–water partition coefficient (Wildman–Crippen LogP) is 19.0. The zero-order valence-electron chi connectivity index (χ0n) is 54.1. The number of hydrogen-bond acceptors (Lipinski definition) is 10. The number of aliphatic imine (C=N–C) groups is 1. The van der Waals surface area contributed by atoms with Crippen LogP contribution in [0.2, 0.25) is 0 Å². The maximum absolute atomic E-state index is 13.8. The van der Waals surface area contributed by atoms with Crippen LogP contribution >= 0.6 is 0 Å². The second-order valence-electron chi connectivity index (χ2n) is 23.5. The molecule has 0 aromatic heterocycles. The molecule has 0 aliphatic carbocycles. The maximum atomic E-state index is 13.8. The number of unbranched alkanes of at least 4 members (excludes halogenated alkanes) is 32. The van der Waals surface area contributed by atoms with Crippen molar-refractivity contribution in [2.24, 2.45) is 10.9 Å². The first kappa shape index (κ1) is 77.5. The van der Waals surface area contributed by atoms with Gasteiger partial charge in [-0.1, -0.05) is 218 Å². The van der Waals surface area contributed by atoms with E-state index in [4.69, 9.17) is 18.9 Å². The monoisotopic (exact) mass is 1170 g/mol. The zero-order chi connectivity index (χ0) is 60.9. The fourth-order valence-electron chi connectivity index (χ4n) is 9.87. The van der Waals surface area contributed by atoms with Gasteiger partial charge in [-0.05, 0) is 108 Å². The van der Waals surface area contributed by atoms with Gasteiger partial charge in [-0.2, -0.15) is 0 Å². The van der Waals surface area contributed by atoms with Gasteiger partial charge in [0.2, 0.25) is 5.60 Å². The van der Waals surface area contributed by atoms with Crippen LogP contribution in [0.4, 0.5) is 0 Å². The van der Waals surface area contributed by atoms with Crippen molar-refractivity contribution in [1.82, 2.24) is 5.32 Å². The Balaban J connectivity index is 3.01. The largest absolute Gasteiger partial charge is 0.461 e. The van der Waals surface area contributed by atoms with Gasteiger partial charge in [0.25, 0.3) is 5.91 Å². The fraction of sp³-hybridized carbons (Fsp3) is 0.753. The van der Waals surface area contributed by atoms with E-state index in [9.17, 15) is 24.0 Å². The summed E-state index contributed by atoms with van der Waals surface area (Å²) in [7, 11) is 0. The van der Waals surface area contributed by atoms with Gasteiger partial charge in [0.1, 0.15) is 19.5 Å². The van der Waals surface area contributed by atoms with Crippen LogP contribution in [-0.4, -0.2) is 81.4 Å². The first-order valence-electron chi connectivity index (χ1n) is 34.4. The summed E-state index contributed by atoms with van der Waals surface area (Å²) in [5, 5.41) is 2.87. The smallest absolute Gasteiger partial charge is 0.308 e. The van der Waals surface area contributed by atoms with Crippen LogP contribution in [0.1, 0.15) is 320 Å². The molecule has 1 aromatic carbocycles. The van der Waals surface area contributed by atoms with Gasteiger partial charge in [-0.15, -0.1) is 11.8 Å². The van der Waals surface area contributed by atoms with Gasteiger partial charge >= 0.3 is 17.9 Å². The Morgan fingerprint density at radius 1 is 0.500 bits per heavy atom. The predicted molar refractivity (Wildman–Crippen MR) is 350 cm³/mol. The van der Waals surface area contributed by atoms with E-state index in [-0.39, 0.29) is 64.1 Å². The van der Waals surface area contributed by atoms with Gasteiger partial charge in [-0.3, -0.25) is 24.2 Å². The van der Waals surface area contributed by atoms with Gasteiger partial charge < -0.3 is 29.1 Å². The number of allylic oxidation sites excluding steroid dienone is 4. The molecule has 1 aromatic rings. The maximum Gasteiger partial charge on any atom is 0.308 e. The lowest BCUT2D eigenvalue weighted by atomic mass is 10.0. The lowest BCUT2D eigenvalue weighted by Crippen LogP contribution is -2.50. The molecule has 2 unspecified atom stereocenters. The van der Waals surface area contributed by atoms with E-state index in [1.54, 1.807) is 30.5 Å². The molecule has 0 saturated heterocycles. The van der Waals surface area contributed by atoms with Crippen molar-refractivity contribution in [3.63, 3.8) is 0 Å². The second-order valence-corrected chi connectivity index (χ2v) is 23.5. The molecule has 0 heterocycles. The molecule has 0 aliphatic rings. The van der Waals surface area contributed by atoms with Gasteiger partial charge in [-0.25, -0.2) is 0 Å². The number of nitrogens with zero attached hydrogens (tertiary/aromatic N) is 1. The summed E-state index contributed by atoms with van der Waals surface area (Å²) in [5.74, 6) is 4.65. The molecule has 0 spiro atoms. The molecule has 1 rings (SSSR count). The lowest BCUT2D eigenvalue weighted by Gasteiger charge is -2.32. The zero-order valence-corrected chi connectivity index (χ0v) is 54.1. The van der Waals surface area contributed by atoms with E-state index in [0.29, 0.717) is 31.4 Å². The molecule has 11 heteroatoms. The van der Waals surface area contributed by atoms with Gasteiger partial charge in [0, 0.05) is 56.5 Å². The van der Waals surface area contributed by atoms with Crippen LogP contribution in [0, 0.1) is 17.8 Å². The number of ether oxygens (including phenoxy) is 4. The first-order chi connectivity index (χ1) is 41.2. The number of benzene rings is 1. The number of carbonyl (C=O) groups excluding carboxylic acids is 5. The molecule has 0 fully saturated rings. The van der Waals surface area contributed by atoms with E-state index in [0.717, 1.165) is 134 Å². The van der Waals surface area contributed by atoms with Crippen LogP contribution < -0.4 is 5.32 Å². The number of rotatable bonds is 59. The summed E-state index contributed by atoms with van der Waals surface area (Å²) >= 11 is 0. The Kier molecular flexibility index (Phi) is 54.2. The highest BCUT2D eigenvalue weighted by Gasteiger charge is 2.39. The summed E-state index contributed by atoms with van der Waals surface area (Å²) in [4.78, 5) is 69.8. The van der Waals surface area contributed by atoms with E-state index in [1.807, 2.05) is 6.92 Å². The normalized spacial score (nSPS) is 12.6. The second kappa shape index (κ2) is 58.8. The van der Waals surface area contributed by atoms with Crippen molar-refractivity contribution in [1.29, 1.82) is 0 Å². The highest BCUT2D eigenvalue weighted by atomic mass is 16.6. The molecule has 0 bridgehead atoms. The quantitative estimate of drug-likeness (QED) is 0.0128. The molecule has 0 radical (unpaired) electrons. The summed E-state index contributed by atoms with van der Waals surface area (Å²) in [6, 6.07) is 7.06. The standard InChI is InChI=1S/C73H122N2O9/c1-5-9-12-15-18-21-24-27-30-33-36-39-42-45-48-51-69(77)82-64-73(84-71(79)57-59-74-60-66-53-55-68(56-54-66)72(80)75-58-8-4,65-83-70(78)52-49-46-43-40-37-34-31-28-25-22-19-16-13-10-6-2)63-81-62-67(61-76)50-47-44-41-38-35-32-29-26-23-20-17-14-11-7-3/h27,29-30,32,53-56,60-61,67H,5-26,33-52,57-59,62-65H2,1-4H3,(H,75,80). The van der Waals surface area contributed by atoms with Crippen LogP contribution in [0.25, 0.3) is 0 Å². The number of nitrogens with one attached hydrogen (secondary N) is 1. The molecular weight excluding hydrogens is 1050 g/mol. The van der Waals surface area contributed by atoms with Crippen molar-refractivity contribution in [2.75, 3.05) is 39.5 Å². The van der Waals surface area contributed by atoms with Crippen molar-refractivity contribution in [3.05, 3.63) is 59.7 Å². The van der Waals surface area contributed by atoms with E-state index < -0.39 is 23.5 Å². The third-order valence-electron chi connectivity index (χ3n) is 15.3. The van der Waals surface area contributed by atoms with E-state index in [2.05, 4.69) is 67.2 Å². The van der Waals surface area contributed by atoms with Crippen LogP contribution in [0.3, 0.4) is 0 Å². The molecule has 11 nitrogen and oxygen atoms in total. The van der Waals surface area contributed by atoms with Crippen molar-refractivity contribution >= 4 is 36.3 Å². The SMILES string of the molecule is CCCCCCCCC#CCCCCCCCC(=O)OCC(COCC(C=O)CCCCCCC=CCCCCCCCC)(COC(=O)CCCCCCCC=CCCCCCCCC)OC(=O)CCN=Cc1ccc(C(=O)NCCC)cc1. The number of carbonyl (C=O) groups is 5. The molecule has 1 N–H and O–H groups in total. The van der Waals surface area contributed by atoms with Crippen molar-refractivity contribution < 1.29 is 42.9 Å². The molecule has 2 atom stereocenters. The first-order valence-corrected chi connectivity index (χ1v) is 34.4. The molecule has 1 amide bonds. The number of aldehydes is 1. The van der Waals surface area contributed by atoms with Gasteiger partial charge in [0.15, 0.2) is 0 Å². The van der Waals surface area contributed by atoms with Crippen molar-refractivity contribution in [2.45, 2.75) is 309 Å². The minimum atomic E-state index is -1.66. The van der Waals surface area contributed by atoms with Crippen LogP contribution in [0.15, 0.2) is 53.6 Å².